The fraction of sp³-hybridized carbons (Fsp3) is 0.327. The number of nitrogen functional groups attached to an aromatic ring is 4. The molecule has 16 N–H and O–H groups in total. The Morgan fingerprint density at radius 3 is 1.12 bits per heavy atom. The SMILES string of the molecule is CCOc1ccc(Cl)c(-c2ccc(N)c(C(=O)Cc3cnccc3N3CCC[C@H](N)C3)n2)c1.CS(=O)(=O)c1ccc(-c2ccc(N)c(C(=O)Cc3cnccc3N3CCC[C@H](N)C3)n2)cc1.CS(=O)(=O)c1cccc(-c2ccc(N)c(C(=O)Cc3cnccc3N3CCC[C@H](N)C3)n2)c1.Cc1ccc(S(=O)(=O)N2CCCC2)cc1-c1ccc(N)c(C(=O)Cc2cnccc2N2CCC[C@H](N)C2)n1. The van der Waals surface area contributed by atoms with Gasteiger partial charge in [-0.05, 0) is 211 Å². The van der Waals surface area contributed by atoms with E-state index in [2.05, 4.69) is 59.5 Å². The number of benzene rings is 4. The second-order valence-corrected chi connectivity index (χ2v) is 41.5. The average Bonchev–Trinajstić information content (AvgIpc) is 1.76. The van der Waals surface area contributed by atoms with Gasteiger partial charge in [0, 0.05) is 245 Å². The van der Waals surface area contributed by atoms with E-state index in [-0.39, 0.29) is 122 Å². The molecule has 8 aromatic heterocycles. The highest BCUT2D eigenvalue weighted by molar-refractivity contribution is 7.91. The Kier molecular flexibility index (Phi) is 32.7. The fourth-order valence-corrected chi connectivity index (χ4v) is 20.7. The van der Waals surface area contributed by atoms with E-state index < -0.39 is 29.7 Å². The topological polar surface area (TPSA) is 507 Å². The van der Waals surface area contributed by atoms with Crippen molar-refractivity contribution in [3.63, 3.8) is 0 Å². The highest BCUT2D eigenvalue weighted by atomic mass is 35.5. The third kappa shape index (κ3) is 25.2. The quantitative estimate of drug-likeness (QED) is 0.0233. The van der Waals surface area contributed by atoms with Crippen LogP contribution < -0.4 is 70.2 Å². The molecule has 4 aromatic carbocycles. The number of aromatic nitrogens is 8. The lowest BCUT2D eigenvalue weighted by Crippen LogP contribution is -2.43. The smallest absolute Gasteiger partial charge is 0.243 e. The van der Waals surface area contributed by atoms with Crippen LogP contribution in [0.15, 0.2) is 222 Å². The van der Waals surface area contributed by atoms with Gasteiger partial charge in [0.2, 0.25) is 10.0 Å². The fourth-order valence-electron chi connectivity index (χ4n) is 17.6. The zero-order valence-corrected chi connectivity index (χ0v) is 80.3. The third-order valence-corrected chi connectivity index (χ3v) is 29.2. The van der Waals surface area contributed by atoms with Crippen LogP contribution in [0.3, 0.4) is 0 Å². The summed E-state index contributed by atoms with van der Waals surface area (Å²) in [7, 11) is -10.2. The summed E-state index contributed by atoms with van der Waals surface area (Å²) < 4.78 is 80.7. The predicted molar refractivity (Wildman–Crippen MR) is 538 cm³/mol. The Morgan fingerprint density at radius 2 is 0.745 bits per heavy atom. The molecule has 17 rings (SSSR count). The highest BCUT2D eigenvalue weighted by Gasteiger charge is 2.32. The van der Waals surface area contributed by atoms with Crippen molar-refractivity contribution in [1.29, 1.82) is 0 Å². The van der Waals surface area contributed by atoms with Crippen molar-refractivity contribution in [2.45, 2.75) is 143 Å². The van der Waals surface area contributed by atoms with Crippen LogP contribution in [-0.2, 0) is 55.4 Å². The summed E-state index contributed by atoms with van der Waals surface area (Å²) in [6, 6.07) is 44.9. The zero-order valence-electron chi connectivity index (χ0n) is 77.1. The number of ether oxygens (including phenoxy) is 1. The largest absolute Gasteiger partial charge is 0.494 e. The van der Waals surface area contributed by atoms with Gasteiger partial charge in [0.1, 0.15) is 28.5 Å². The first kappa shape index (κ1) is 99.9. The molecule has 5 saturated heterocycles. The van der Waals surface area contributed by atoms with Crippen LogP contribution in [0.2, 0.25) is 5.02 Å². The lowest BCUT2D eigenvalue weighted by atomic mass is 10.0. The minimum atomic E-state index is -3.59. The number of anilines is 8. The van der Waals surface area contributed by atoms with Crippen molar-refractivity contribution < 1.29 is 49.2 Å². The molecule has 5 aliphatic heterocycles. The molecule has 36 heteroatoms. The van der Waals surface area contributed by atoms with E-state index in [1.54, 1.807) is 159 Å². The van der Waals surface area contributed by atoms with E-state index in [4.69, 9.17) is 62.2 Å². The second-order valence-electron chi connectivity index (χ2n) is 35.1. The van der Waals surface area contributed by atoms with Crippen molar-refractivity contribution in [3.8, 4) is 50.8 Å². The van der Waals surface area contributed by atoms with Crippen LogP contribution in [-0.4, -0.2) is 201 Å². The van der Waals surface area contributed by atoms with Gasteiger partial charge < -0.3 is 70.2 Å². The van der Waals surface area contributed by atoms with E-state index in [0.29, 0.717) is 86.9 Å². The molecule has 0 radical (unpaired) electrons. The first-order valence-electron chi connectivity index (χ1n) is 45.7. The number of pyridine rings is 8. The molecule has 716 valence electrons. The maximum Gasteiger partial charge on any atom is 0.243 e. The molecule has 137 heavy (non-hydrogen) atoms. The number of aryl methyl sites for hydroxylation is 1. The average molecular weight is 1930 g/mol. The van der Waals surface area contributed by atoms with Gasteiger partial charge in [-0.15, -0.1) is 0 Å². The Labute approximate surface area is 804 Å². The molecule has 0 aliphatic carbocycles. The standard InChI is InChI=1S/C28H34N6O3S.C25H28ClN5O2.2C24H27N5O3S/c1-19-6-7-22(38(36,37)34-13-2-3-14-34)16-23(19)25-9-8-24(30)28(32-25)27(35)15-20-17-31-11-10-26(20)33-12-4-5-21(29)18-33;1-2-33-18-5-6-20(26)19(13-18)22-8-7-21(28)25(30-22)24(32)12-16-14-29-10-9-23(16)31-11-3-4-17(27)15-31;1-33(31,32)19-6-2-4-16(12-19)21-8-7-20(26)24(28-21)23(30)13-17-14-27-10-9-22(17)29-11-3-5-18(25)15-29;1-33(31,32)19-6-4-16(5-7-19)21-9-8-20(26)24(28-21)23(30)13-17-14-27-11-10-22(17)29-12-2-3-18(25)15-29/h6-11,16-17,21H,2-5,12-15,18,29-30H2,1H3;5-10,13-14,17H,2-4,11-12,15,27-28H2,1H3;2,4,6-10,12,14,18H,3,5,11,13,15,25-26H2,1H3;4-11,14,18H,2-3,12-13,15,25-26H2,1H3/t21-;17-;2*18-/m0000/s1. The lowest BCUT2D eigenvalue weighted by Gasteiger charge is -2.33. The Morgan fingerprint density at radius 1 is 0.387 bits per heavy atom. The molecule has 13 heterocycles. The van der Waals surface area contributed by atoms with Crippen molar-refractivity contribution in [1.82, 2.24) is 44.2 Å². The van der Waals surface area contributed by atoms with Crippen LogP contribution in [0.1, 0.15) is 141 Å². The molecule has 0 saturated carbocycles. The van der Waals surface area contributed by atoms with Crippen molar-refractivity contribution >= 4 is 110 Å². The molecule has 0 unspecified atom stereocenters. The molecular weight excluding hydrogens is 1810 g/mol. The molecule has 5 aliphatic rings. The Balaban J connectivity index is 0.000000146. The summed E-state index contributed by atoms with van der Waals surface area (Å²) >= 11 is 6.42. The number of halogens is 1. The summed E-state index contributed by atoms with van der Waals surface area (Å²) in [5, 5.41) is 0.519. The lowest BCUT2D eigenvalue weighted by molar-refractivity contribution is 0.0981. The summed E-state index contributed by atoms with van der Waals surface area (Å²) in [6.45, 7) is 11.9. The Hall–Kier alpha value is -13.1. The summed E-state index contributed by atoms with van der Waals surface area (Å²) in [5.74, 6) is -0.162. The van der Waals surface area contributed by atoms with Gasteiger partial charge in [-0.3, -0.25) is 39.1 Å². The van der Waals surface area contributed by atoms with Crippen LogP contribution in [0.4, 0.5) is 45.5 Å². The number of carbonyl (C=O) groups is 4. The maximum atomic E-state index is 13.5. The third-order valence-electron chi connectivity index (χ3n) is 24.7. The van der Waals surface area contributed by atoms with Crippen LogP contribution >= 0.6 is 11.6 Å². The summed E-state index contributed by atoms with van der Waals surface area (Å²) in [5.41, 5.74) is 63.8. The van der Waals surface area contributed by atoms with Crippen LogP contribution in [0.25, 0.3) is 45.0 Å². The number of hydrogen-bond donors (Lipinski definition) is 8. The number of piperidine rings is 4. The number of hydrogen-bond acceptors (Lipinski definition) is 31. The van der Waals surface area contributed by atoms with E-state index in [1.807, 2.05) is 44.2 Å². The van der Waals surface area contributed by atoms with Crippen LogP contribution in [0, 0.1) is 6.92 Å². The van der Waals surface area contributed by atoms with E-state index in [9.17, 15) is 44.4 Å². The number of ketones is 4. The van der Waals surface area contributed by atoms with Gasteiger partial charge >= 0.3 is 0 Å². The summed E-state index contributed by atoms with van der Waals surface area (Å²) in [4.78, 5) is 97.8. The molecule has 0 bridgehead atoms. The minimum absolute atomic E-state index is 0.0952. The maximum absolute atomic E-state index is 13.5. The number of sulfonamides is 1. The molecule has 4 atom stereocenters. The van der Waals surface area contributed by atoms with E-state index in [1.165, 1.54) is 22.5 Å². The van der Waals surface area contributed by atoms with Crippen molar-refractivity contribution in [2.24, 2.45) is 22.9 Å². The van der Waals surface area contributed by atoms with Gasteiger partial charge in [0.15, 0.2) is 42.8 Å². The number of Topliss-reactive ketones (excluding diaryl/α,β-unsaturated/α-hetero) is 4. The normalized spacial score (nSPS) is 17.0. The minimum Gasteiger partial charge on any atom is -0.494 e. The van der Waals surface area contributed by atoms with Gasteiger partial charge in [0.25, 0.3) is 0 Å². The predicted octanol–water partition coefficient (Wildman–Crippen LogP) is 12.3. The van der Waals surface area contributed by atoms with Crippen molar-refractivity contribution in [2.75, 3.05) is 127 Å². The number of carbonyl (C=O) groups excluding carboxylic acids is 4. The van der Waals surface area contributed by atoms with Gasteiger partial charge in [0.05, 0.1) is 71.8 Å². The first-order valence-corrected chi connectivity index (χ1v) is 51.3. The van der Waals surface area contributed by atoms with E-state index >= 15 is 0 Å². The molecule has 0 amide bonds. The van der Waals surface area contributed by atoms with Gasteiger partial charge in [-0.2, -0.15) is 4.31 Å². The monoisotopic (exact) mass is 1930 g/mol. The molecule has 32 nitrogen and oxygen atoms in total. The Bertz CT molecular complexity index is 6780. The molecular formula is C101H116ClN21O11S3. The van der Waals surface area contributed by atoms with Gasteiger partial charge in [-0.25, -0.2) is 45.2 Å². The van der Waals surface area contributed by atoms with E-state index in [0.717, 1.165) is 180 Å². The molecule has 0 spiro atoms. The second kappa shape index (κ2) is 44.8. The van der Waals surface area contributed by atoms with Gasteiger partial charge in [-0.1, -0.05) is 41.9 Å². The number of rotatable bonds is 26. The first-order chi connectivity index (χ1) is 65.6. The highest BCUT2D eigenvalue weighted by Crippen LogP contribution is 2.37. The van der Waals surface area contributed by atoms with Crippen molar-refractivity contribution in [3.05, 3.63) is 263 Å². The number of sulfone groups is 2. The number of nitrogens with zero attached hydrogens (tertiary/aromatic N) is 13. The summed E-state index contributed by atoms with van der Waals surface area (Å²) in [6.07, 6.45) is 26.2. The van der Waals surface area contributed by atoms with Crippen LogP contribution in [0.5, 0.6) is 5.75 Å². The molecule has 5 fully saturated rings. The molecule has 12 aromatic rings. The number of nitrogens with two attached hydrogens (primary N) is 8. The zero-order chi connectivity index (χ0) is 97.4.